The summed E-state index contributed by atoms with van der Waals surface area (Å²) in [4.78, 5) is -0.0491. The van der Waals surface area contributed by atoms with Gasteiger partial charge in [-0.3, -0.25) is 4.72 Å². The van der Waals surface area contributed by atoms with Crippen LogP contribution in [0.15, 0.2) is 41.3 Å². The summed E-state index contributed by atoms with van der Waals surface area (Å²) in [6.07, 6.45) is 0. The van der Waals surface area contributed by atoms with Gasteiger partial charge in [0.25, 0.3) is 10.0 Å². The van der Waals surface area contributed by atoms with Crippen molar-refractivity contribution in [1.82, 2.24) is 0 Å². The van der Waals surface area contributed by atoms with E-state index in [1.54, 1.807) is 12.1 Å². The van der Waals surface area contributed by atoms with E-state index in [2.05, 4.69) is 15.9 Å². The minimum Gasteiger partial charge on any atom is -0.275 e. The quantitative estimate of drug-likeness (QED) is 0.783. The number of benzene rings is 2. The Balaban J connectivity index is 2.37. The summed E-state index contributed by atoms with van der Waals surface area (Å²) in [6.45, 7) is 0. The monoisotopic (exact) mass is 395 g/mol. The van der Waals surface area contributed by atoms with E-state index in [1.807, 2.05) is 4.72 Å². The molecule has 112 valence electrons. The van der Waals surface area contributed by atoms with Gasteiger partial charge in [0.05, 0.1) is 9.92 Å². The van der Waals surface area contributed by atoms with Crippen LogP contribution in [0.4, 0.5) is 14.5 Å². The van der Waals surface area contributed by atoms with Gasteiger partial charge in [-0.1, -0.05) is 39.7 Å². The molecule has 2 rings (SSSR count). The Morgan fingerprint density at radius 2 is 1.76 bits per heavy atom. The van der Waals surface area contributed by atoms with Gasteiger partial charge in [0.15, 0.2) is 5.82 Å². The van der Waals surface area contributed by atoms with Gasteiger partial charge in [-0.05, 0) is 23.8 Å². The summed E-state index contributed by atoms with van der Waals surface area (Å²) >= 11 is 8.91. The SMILES string of the molecule is O=S(=O)(Nc1c(F)cc(F)cc1Cl)c1ccc(CBr)cc1. The van der Waals surface area contributed by atoms with Crippen LogP contribution < -0.4 is 4.72 Å². The lowest BCUT2D eigenvalue weighted by Gasteiger charge is -2.11. The Kier molecular flexibility index (Phi) is 4.85. The fourth-order valence-corrected chi connectivity index (χ4v) is 3.35. The smallest absolute Gasteiger partial charge is 0.262 e. The third-order valence-electron chi connectivity index (χ3n) is 2.63. The van der Waals surface area contributed by atoms with Crippen LogP contribution in [0.3, 0.4) is 0 Å². The second-order valence-electron chi connectivity index (χ2n) is 4.13. The molecule has 0 aliphatic heterocycles. The molecule has 21 heavy (non-hydrogen) atoms. The minimum absolute atomic E-state index is 0.0491. The lowest BCUT2D eigenvalue weighted by Crippen LogP contribution is -2.14. The van der Waals surface area contributed by atoms with Crippen LogP contribution >= 0.6 is 27.5 Å². The predicted octanol–water partition coefficient (Wildman–Crippen LogP) is 4.31. The zero-order chi connectivity index (χ0) is 15.6. The second kappa shape index (κ2) is 6.29. The average Bonchev–Trinajstić information content (AvgIpc) is 2.43. The lowest BCUT2D eigenvalue weighted by molar-refractivity contribution is 0.583. The molecule has 0 aliphatic rings. The zero-order valence-electron chi connectivity index (χ0n) is 10.4. The molecule has 0 unspecified atom stereocenters. The van der Waals surface area contributed by atoms with Gasteiger partial charge in [0.1, 0.15) is 11.5 Å². The Hall–Kier alpha value is -1.18. The Morgan fingerprint density at radius 1 is 1.14 bits per heavy atom. The van der Waals surface area contributed by atoms with Gasteiger partial charge in [-0.2, -0.15) is 0 Å². The molecule has 0 fully saturated rings. The van der Waals surface area contributed by atoms with Crippen LogP contribution in [-0.2, 0) is 15.4 Å². The summed E-state index contributed by atoms with van der Waals surface area (Å²) in [5.41, 5.74) is 0.405. The van der Waals surface area contributed by atoms with E-state index in [-0.39, 0.29) is 9.92 Å². The van der Waals surface area contributed by atoms with Gasteiger partial charge < -0.3 is 0 Å². The molecule has 0 aromatic heterocycles. The van der Waals surface area contributed by atoms with E-state index in [4.69, 9.17) is 11.6 Å². The molecule has 2 aromatic carbocycles. The summed E-state index contributed by atoms with van der Waals surface area (Å²) in [7, 11) is -4.01. The Labute approximate surface area is 134 Å². The first kappa shape index (κ1) is 16.2. The number of alkyl halides is 1. The molecule has 1 N–H and O–H groups in total. The number of anilines is 1. The van der Waals surface area contributed by atoms with E-state index in [1.165, 1.54) is 12.1 Å². The summed E-state index contributed by atoms with van der Waals surface area (Å²) in [5.74, 6) is -1.97. The van der Waals surface area contributed by atoms with Crippen molar-refractivity contribution in [3.63, 3.8) is 0 Å². The molecule has 8 heteroatoms. The lowest BCUT2D eigenvalue weighted by atomic mass is 10.2. The molecule has 0 bridgehead atoms. The van der Waals surface area contributed by atoms with Crippen molar-refractivity contribution in [2.45, 2.75) is 10.2 Å². The van der Waals surface area contributed by atoms with Gasteiger partial charge >= 0.3 is 0 Å². The minimum atomic E-state index is -4.01. The number of sulfonamides is 1. The molecule has 0 spiro atoms. The summed E-state index contributed by atoms with van der Waals surface area (Å²) in [6, 6.07) is 7.38. The molecule has 0 saturated heterocycles. The number of nitrogens with one attached hydrogen (secondary N) is 1. The van der Waals surface area contributed by atoms with E-state index in [9.17, 15) is 17.2 Å². The number of hydrogen-bond acceptors (Lipinski definition) is 2. The van der Waals surface area contributed by atoms with Crippen LogP contribution in [0.1, 0.15) is 5.56 Å². The van der Waals surface area contributed by atoms with Crippen molar-refractivity contribution >= 4 is 43.2 Å². The van der Waals surface area contributed by atoms with Crippen LogP contribution in [0.25, 0.3) is 0 Å². The Morgan fingerprint density at radius 3 is 2.29 bits per heavy atom. The summed E-state index contributed by atoms with van der Waals surface area (Å²) < 4.78 is 52.9. The summed E-state index contributed by atoms with van der Waals surface area (Å²) in [5, 5.41) is 0.229. The highest BCUT2D eigenvalue weighted by molar-refractivity contribution is 9.08. The fraction of sp³-hybridized carbons (Fsp3) is 0.0769. The number of hydrogen-bond donors (Lipinski definition) is 1. The van der Waals surface area contributed by atoms with Crippen molar-refractivity contribution in [2.75, 3.05) is 4.72 Å². The highest BCUT2D eigenvalue weighted by Gasteiger charge is 2.19. The first-order chi connectivity index (χ1) is 9.83. The second-order valence-corrected chi connectivity index (χ2v) is 6.78. The van der Waals surface area contributed by atoms with Crippen molar-refractivity contribution in [3.05, 3.63) is 58.6 Å². The average molecular weight is 397 g/mol. The fourth-order valence-electron chi connectivity index (χ4n) is 1.59. The normalized spacial score (nSPS) is 11.4. The standard InChI is InChI=1S/C13H9BrClF2NO2S/c14-7-8-1-3-10(4-2-8)21(19,20)18-13-11(15)5-9(16)6-12(13)17/h1-6,18H,7H2. The molecule has 0 radical (unpaired) electrons. The van der Waals surface area contributed by atoms with Gasteiger partial charge in [-0.15, -0.1) is 0 Å². The maximum Gasteiger partial charge on any atom is 0.262 e. The molecule has 3 nitrogen and oxygen atoms in total. The van der Waals surface area contributed by atoms with E-state index >= 15 is 0 Å². The van der Waals surface area contributed by atoms with Gasteiger partial charge in [-0.25, -0.2) is 17.2 Å². The topological polar surface area (TPSA) is 46.2 Å². The number of halogens is 4. The van der Waals surface area contributed by atoms with E-state index < -0.39 is 27.3 Å². The van der Waals surface area contributed by atoms with E-state index in [0.29, 0.717) is 11.4 Å². The third-order valence-corrected chi connectivity index (χ3v) is 4.94. The molecule has 0 atom stereocenters. The number of rotatable bonds is 4. The van der Waals surface area contributed by atoms with Gasteiger partial charge in [0.2, 0.25) is 0 Å². The van der Waals surface area contributed by atoms with E-state index in [0.717, 1.165) is 11.6 Å². The van der Waals surface area contributed by atoms with Crippen molar-refractivity contribution in [1.29, 1.82) is 0 Å². The molecule has 0 aliphatic carbocycles. The third kappa shape index (κ3) is 3.72. The van der Waals surface area contributed by atoms with Crippen LogP contribution in [-0.4, -0.2) is 8.42 Å². The molecular weight excluding hydrogens is 388 g/mol. The first-order valence-corrected chi connectivity index (χ1v) is 8.64. The van der Waals surface area contributed by atoms with Crippen molar-refractivity contribution in [3.8, 4) is 0 Å². The maximum absolute atomic E-state index is 13.6. The van der Waals surface area contributed by atoms with Crippen LogP contribution in [0, 0.1) is 11.6 Å². The molecule has 0 amide bonds. The molecule has 0 saturated carbocycles. The maximum atomic E-state index is 13.6. The molecule has 0 heterocycles. The Bertz CT molecular complexity index is 743. The van der Waals surface area contributed by atoms with Crippen molar-refractivity contribution < 1.29 is 17.2 Å². The highest BCUT2D eigenvalue weighted by Crippen LogP contribution is 2.28. The predicted molar refractivity (Wildman–Crippen MR) is 81.2 cm³/mol. The highest BCUT2D eigenvalue weighted by atomic mass is 79.9. The molecular formula is C13H9BrClF2NO2S. The zero-order valence-corrected chi connectivity index (χ0v) is 13.6. The molecule has 2 aromatic rings. The largest absolute Gasteiger partial charge is 0.275 e. The van der Waals surface area contributed by atoms with Crippen LogP contribution in [0.2, 0.25) is 5.02 Å². The van der Waals surface area contributed by atoms with Gasteiger partial charge in [0, 0.05) is 11.4 Å². The van der Waals surface area contributed by atoms with Crippen LogP contribution in [0.5, 0.6) is 0 Å². The first-order valence-electron chi connectivity index (χ1n) is 5.66. The van der Waals surface area contributed by atoms with Crippen molar-refractivity contribution in [2.24, 2.45) is 0 Å².